The van der Waals surface area contributed by atoms with Crippen LogP contribution in [-0.4, -0.2) is 33.7 Å². The minimum Gasteiger partial charge on any atom is -0.372 e. The molecule has 2 aromatic carbocycles. The van der Waals surface area contributed by atoms with Gasteiger partial charge in [0.2, 0.25) is 10.0 Å². The van der Waals surface area contributed by atoms with Gasteiger partial charge in [-0.15, -0.1) is 0 Å². The maximum absolute atomic E-state index is 12.4. The molecule has 0 saturated carbocycles. The first kappa shape index (κ1) is 18.3. The van der Waals surface area contributed by atoms with Crippen LogP contribution in [0.5, 0.6) is 0 Å². The number of carbonyl (C=O) groups is 1. The smallest absolute Gasteiger partial charge is 0.253 e. The van der Waals surface area contributed by atoms with E-state index in [0.717, 1.165) is 24.9 Å². The number of carbonyl (C=O) groups excluding carboxylic acids is 1. The molecule has 7 heteroatoms. The second-order valence-electron chi connectivity index (χ2n) is 6.46. The van der Waals surface area contributed by atoms with Crippen LogP contribution >= 0.6 is 0 Å². The Labute approximate surface area is 154 Å². The molecule has 3 rings (SSSR count). The van der Waals surface area contributed by atoms with Crippen molar-refractivity contribution >= 4 is 27.3 Å². The topological polar surface area (TPSA) is 78.5 Å². The number of nitrogens with one attached hydrogen (secondary N) is 2. The Balaban J connectivity index is 1.64. The minimum atomic E-state index is -3.45. The van der Waals surface area contributed by atoms with E-state index >= 15 is 0 Å². The summed E-state index contributed by atoms with van der Waals surface area (Å²) in [6.45, 7) is 2.58. The highest BCUT2D eigenvalue weighted by Crippen LogP contribution is 2.21. The van der Waals surface area contributed by atoms with Crippen LogP contribution in [0.3, 0.4) is 0 Å². The number of nitrogens with zero attached hydrogens (tertiary/aromatic N) is 1. The van der Waals surface area contributed by atoms with Crippen LogP contribution in [0.1, 0.15) is 28.8 Å². The van der Waals surface area contributed by atoms with Crippen LogP contribution in [0.2, 0.25) is 0 Å². The van der Waals surface area contributed by atoms with Crippen molar-refractivity contribution in [3.8, 4) is 0 Å². The van der Waals surface area contributed by atoms with E-state index < -0.39 is 10.0 Å². The predicted octanol–water partition coefficient (Wildman–Crippen LogP) is 2.59. The van der Waals surface area contributed by atoms with Crippen molar-refractivity contribution in [2.45, 2.75) is 19.4 Å². The van der Waals surface area contributed by atoms with Crippen LogP contribution in [-0.2, 0) is 16.6 Å². The highest BCUT2D eigenvalue weighted by molar-refractivity contribution is 7.92. The molecule has 0 atom stereocenters. The Kier molecular flexibility index (Phi) is 5.46. The van der Waals surface area contributed by atoms with Crippen molar-refractivity contribution in [2.75, 3.05) is 29.0 Å². The molecule has 6 nitrogen and oxygen atoms in total. The number of benzene rings is 2. The van der Waals surface area contributed by atoms with Gasteiger partial charge in [-0.1, -0.05) is 24.3 Å². The monoisotopic (exact) mass is 373 g/mol. The number of sulfonamides is 1. The normalized spacial score (nSPS) is 14.3. The second kappa shape index (κ2) is 7.78. The first-order valence-corrected chi connectivity index (χ1v) is 10.5. The maximum Gasteiger partial charge on any atom is 0.253 e. The molecule has 138 valence electrons. The molecule has 1 saturated heterocycles. The Morgan fingerprint density at radius 2 is 1.69 bits per heavy atom. The number of para-hydroxylation sites is 1. The van der Waals surface area contributed by atoms with Crippen molar-refractivity contribution < 1.29 is 13.2 Å². The van der Waals surface area contributed by atoms with Gasteiger partial charge in [-0.25, -0.2) is 8.42 Å². The van der Waals surface area contributed by atoms with Gasteiger partial charge in [-0.2, -0.15) is 0 Å². The third-order valence-electron chi connectivity index (χ3n) is 4.33. The van der Waals surface area contributed by atoms with Gasteiger partial charge in [0.05, 0.1) is 17.5 Å². The third-order valence-corrected chi connectivity index (χ3v) is 4.92. The van der Waals surface area contributed by atoms with Crippen molar-refractivity contribution in [1.82, 2.24) is 5.32 Å². The van der Waals surface area contributed by atoms with Crippen molar-refractivity contribution in [2.24, 2.45) is 0 Å². The minimum absolute atomic E-state index is 0.275. The Bertz CT molecular complexity index is 873. The van der Waals surface area contributed by atoms with E-state index in [1.807, 2.05) is 12.1 Å². The van der Waals surface area contributed by atoms with Gasteiger partial charge in [0.1, 0.15) is 0 Å². The highest BCUT2D eigenvalue weighted by atomic mass is 32.2. The first-order valence-electron chi connectivity index (χ1n) is 8.61. The molecule has 26 heavy (non-hydrogen) atoms. The quantitative estimate of drug-likeness (QED) is 0.816. The number of rotatable bonds is 6. The second-order valence-corrected chi connectivity index (χ2v) is 8.21. The van der Waals surface area contributed by atoms with Crippen LogP contribution < -0.4 is 14.9 Å². The van der Waals surface area contributed by atoms with Crippen LogP contribution in [0.4, 0.5) is 11.4 Å². The molecule has 1 amide bonds. The lowest BCUT2D eigenvalue weighted by Crippen LogP contribution is -2.24. The van der Waals surface area contributed by atoms with E-state index in [9.17, 15) is 13.2 Å². The van der Waals surface area contributed by atoms with Gasteiger partial charge >= 0.3 is 0 Å². The van der Waals surface area contributed by atoms with Gasteiger partial charge < -0.3 is 10.2 Å². The molecule has 0 aromatic heterocycles. The number of anilines is 2. The zero-order valence-corrected chi connectivity index (χ0v) is 15.6. The molecule has 0 bridgehead atoms. The number of amides is 1. The van der Waals surface area contributed by atoms with E-state index in [-0.39, 0.29) is 11.6 Å². The van der Waals surface area contributed by atoms with Crippen LogP contribution in [0.25, 0.3) is 0 Å². The van der Waals surface area contributed by atoms with Gasteiger partial charge in [0.25, 0.3) is 5.91 Å². The summed E-state index contributed by atoms with van der Waals surface area (Å²) in [6.07, 6.45) is 3.53. The molecule has 0 aliphatic carbocycles. The molecule has 1 aliphatic rings. The highest BCUT2D eigenvalue weighted by Gasteiger charge is 2.14. The fraction of sp³-hybridized carbons (Fsp3) is 0.316. The molecule has 2 aromatic rings. The summed E-state index contributed by atoms with van der Waals surface area (Å²) in [4.78, 5) is 14.8. The average molecular weight is 373 g/mol. The Morgan fingerprint density at radius 3 is 2.35 bits per heavy atom. The van der Waals surface area contributed by atoms with Gasteiger partial charge in [-0.3, -0.25) is 9.52 Å². The fourth-order valence-electron chi connectivity index (χ4n) is 3.05. The van der Waals surface area contributed by atoms with E-state index in [1.165, 1.54) is 18.5 Å². The standard InChI is InChI=1S/C19H23N3O3S/c1-26(24,25)21-18-7-3-2-6-17(18)19(23)20-14-15-8-10-16(11-9-15)22-12-4-5-13-22/h2-3,6-11,21H,4-5,12-14H2,1H3,(H,20,23). The Hall–Kier alpha value is -2.54. The molecule has 2 N–H and O–H groups in total. The summed E-state index contributed by atoms with van der Waals surface area (Å²) >= 11 is 0. The first-order chi connectivity index (χ1) is 12.4. The summed E-state index contributed by atoms with van der Waals surface area (Å²) in [7, 11) is -3.45. The molecular weight excluding hydrogens is 350 g/mol. The lowest BCUT2D eigenvalue weighted by Gasteiger charge is -2.17. The number of hydrogen-bond donors (Lipinski definition) is 2. The van der Waals surface area contributed by atoms with Gasteiger partial charge in [0, 0.05) is 25.3 Å². The molecule has 0 unspecified atom stereocenters. The summed E-state index contributed by atoms with van der Waals surface area (Å²) in [6, 6.07) is 14.7. The molecule has 1 aliphatic heterocycles. The van der Waals surface area contributed by atoms with E-state index in [0.29, 0.717) is 12.1 Å². The molecule has 0 spiro atoms. The lowest BCUT2D eigenvalue weighted by atomic mass is 10.1. The zero-order chi connectivity index (χ0) is 18.6. The molecular formula is C19H23N3O3S. The summed E-state index contributed by atoms with van der Waals surface area (Å²) in [5.41, 5.74) is 2.78. The van der Waals surface area contributed by atoms with E-state index in [2.05, 4.69) is 27.1 Å². The van der Waals surface area contributed by atoms with Gasteiger partial charge in [-0.05, 0) is 42.7 Å². The predicted molar refractivity (Wildman–Crippen MR) is 104 cm³/mol. The molecule has 1 heterocycles. The largest absolute Gasteiger partial charge is 0.372 e. The maximum atomic E-state index is 12.4. The van der Waals surface area contributed by atoms with Gasteiger partial charge in [0.15, 0.2) is 0 Å². The summed E-state index contributed by atoms with van der Waals surface area (Å²) in [5, 5.41) is 2.84. The van der Waals surface area contributed by atoms with Crippen LogP contribution in [0, 0.1) is 0 Å². The Morgan fingerprint density at radius 1 is 1.04 bits per heavy atom. The SMILES string of the molecule is CS(=O)(=O)Nc1ccccc1C(=O)NCc1ccc(N2CCCC2)cc1. The average Bonchev–Trinajstić information content (AvgIpc) is 3.14. The lowest BCUT2D eigenvalue weighted by molar-refractivity contribution is 0.0952. The van der Waals surface area contributed by atoms with Crippen molar-refractivity contribution in [3.05, 3.63) is 59.7 Å². The molecule has 1 fully saturated rings. The van der Waals surface area contributed by atoms with Crippen molar-refractivity contribution in [1.29, 1.82) is 0 Å². The van der Waals surface area contributed by atoms with E-state index in [1.54, 1.807) is 24.3 Å². The summed E-state index contributed by atoms with van der Waals surface area (Å²) in [5.74, 6) is -0.319. The number of hydrogen-bond acceptors (Lipinski definition) is 4. The molecule has 0 radical (unpaired) electrons. The zero-order valence-electron chi connectivity index (χ0n) is 14.7. The van der Waals surface area contributed by atoms with Crippen LogP contribution in [0.15, 0.2) is 48.5 Å². The van der Waals surface area contributed by atoms with E-state index in [4.69, 9.17) is 0 Å². The summed E-state index contributed by atoms with van der Waals surface area (Å²) < 4.78 is 25.3. The third kappa shape index (κ3) is 4.76. The van der Waals surface area contributed by atoms with Crippen molar-refractivity contribution in [3.63, 3.8) is 0 Å². The fourth-order valence-corrected chi connectivity index (χ4v) is 3.62.